The SMILES string of the molecule is O=C(N/N=C/c1cccs1)c1ccc(COc2ccc(Cl)cc2)cc1. The standard InChI is InChI=1S/C19H15ClN2O2S/c20-16-7-9-17(10-8-16)24-13-14-3-5-15(6-4-14)19(23)22-21-12-18-2-1-11-25-18/h1-12H,13H2,(H,22,23)/b21-12+. The van der Waals surface area contributed by atoms with Gasteiger partial charge in [-0.15, -0.1) is 11.3 Å². The lowest BCUT2D eigenvalue weighted by Crippen LogP contribution is -2.17. The third-order valence-electron chi connectivity index (χ3n) is 3.34. The van der Waals surface area contributed by atoms with E-state index in [9.17, 15) is 4.79 Å². The van der Waals surface area contributed by atoms with E-state index in [0.29, 0.717) is 17.2 Å². The molecule has 25 heavy (non-hydrogen) atoms. The van der Waals surface area contributed by atoms with Gasteiger partial charge in [-0.2, -0.15) is 5.10 Å². The van der Waals surface area contributed by atoms with Crippen LogP contribution in [-0.2, 0) is 6.61 Å². The number of carbonyl (C=O) groups is 1. The van der Waals surface area contributed by atoms with Crippen LogP contribution in [0.5, 0.6) is 5.75 Å². The molecule has 0 saturated heterocycles. The highest BCUT2D eigenvalue weighted by molar-refractivity contribution is 7.11. The van der Waals surface area contributed by atoms with Crippen molar-refractivity contribution in [2.24, 2.45) is 5.10 Å². The van der Waals surface area contributed by atoms with Gasteiger partial charge in [0.05, 0.1) is 6.21 Å². The van der Waals surface area contributed by atoms with Crippen molar-refractivity contribution in [1.82, 2.24) is 5.43 Å². The molecular weight excluding hydrogens is 356 g/mol. The molecule has 4 nitrogen and oxygen atoms in total. The Bertz CT molecular complexity index is 844. The first-order chi connectivity index (χ1) is 12.2. The Hall–Kier alpha value is -2.63. The fourth-order valence-electron chi connectivity index (χ4n) is 2.03. The van der Waals surface area contributed by atoms with E-state index in [0.717, 1.165) is 16.2 Å². The molecule has 126 valence electrons. The molecule has 1 amide bonds. The number of nitrogens with one attached hydrogen (secondary N) is 1. The highest BCUT2D eigenvalue weighted by atomic mass is 35.5. The summed E-state index contributed by atoms with van der Waals surface area (Å²) in [6, 6.07) is 18.2. The van der Waals surface area contributed by atoms with E-state index in [1.54, 1.807) is 41.8 Å². The summed E-state index contributed by atoms with van der Waals surface area (Å²) in [6.07, 6.45) is 1.62. The average molecular weight is 371 g/mol. The molecule has 0 aliphatic heterocycles. The third-order valence-corrected chi connectivity index (χ3v) is 4.40. The number of nitrogens with zero attached hydrogens (tertiary/aromatic N) is 1. The van der Waals surface area contributed by atoms with Crippen molar-refractivity contribution in [3.05, 3.63) is 87.1 Å². The first kappa shape index (κ1) is 17.2. The lowest BCUT2D eigenvalue weighted by atomic mass is 10.1. The molecule has 0 saturated carbocycles. The van der Waals surface area contributed by atoms with Gasteiger partial charge in [0.2, 0.25) is 0 Å². The van der Waals surface area contributed by atoms with Gasteiger partial charge in [0.15, 0.2) is 0 Å². The van der Waals surface area contributed by atoms with Crippen LogP contribution in [0.2, 0.25) is 5.02 Å². The van der Waals surface area contributed by atoms with Gasteiger partial charge in [0.1, 0.15) is 12.4 Å². The number of hydrogen-bond donors (Lipinski definition) is 1. The maximum absolute atomic E-state index is 12.0. The summed E-state index contributed by atoms with van der Waals surface area (Å²) in [5.74, 6) is 0.493. The van der Waals surface area contributed by atoms with Crippen LogP contribution in [0.3, 0.4) is 0 Å². The van der Waals surface area contributed by atoms with Crippen LogP contribution in [0.25, 0.3) is 0 Å². The second-order valence-corrected chi connectivity index (χ2v) is 6.57. The number of benzene rings is 2. The minimum Gasteiger partial charge on any atom is -0.489 e. The Morgan fingerprint density at radius 2 is 1.88 bits per heavy atom. The molecule has 1 heterocycles. The van der Waals surface area contributed by atoms with Crippen molar-refractivity contribution in [3.63, 3.8) is 0 Å². The third kappa shape index (κ3) is 5.17. The monoisotopic (exact) mass is 370 g/mol. The lowest BCUT2D eigenvalue weighted by Gasteiger charge is -2.07. The van der Waals surface area contributed by atoms with E-state index in [1.807, 2.05) is 41.8 Å². The molecule has 0 fully saturated rings. The highest BCUT2D eigenvalue weighted by Crippen LogP contribution is 2.17. The van der Waals surface area contributed by atoms with Crippen molar-refractivity contribution < 1.29 is 9.53 Å². The van der Waals surface area contributed by atoms with Gasteiger partial charge in [-0.3, -0.25) is 4.79 Å². The number of amides is 1. The van der Waals surface area contributed by atoms with Crippen LogP contribution in [0, 0.1) is 0 Å². The Morgan fingerprint density at radius 3 is 2.56 bits per heavy atom. The molecular formula is C19H15ClN2O2S. The first-order valence-electron chi connectivity index (χ1n) is 7.55. The lowest BCUT2D eigenvalue weighted by molar-refractivity contribution is 0.0955. The minimum atomic E-state index is -0.252. The van der Waals surface area contributed by atoms with Crippen LogP contribution < -0.4 is 10.2 Å². The predicted octanol–water partition coefficient (Wildman–Crippen LogP) is 4.74. The molecule has 1 aromatic heterocycles. The number of ether oxygens (including phenoxy) is 1. The van der Waals surface area contributed by atoms with E-state index >= 15 is 0 Å². The summed E-state index contributed by atoms with van der Waals surface area (Å²) in [5.41, 5.74) is 4.02. The number of rotatable bonds is 6. The normalized spacial score (nSPS) is 10.8. The summed E-state index contributed by atoms with van der Waals surface area (Å²) < 4.78 is 5.67. The minimum absolute atomic E-state index is 0.252. The average Bonchev–Trinajstić information content (AvgIpc) is 3.15. The number of hydrogen-bond acceptors (Lipinski definition) is 4. The first-order valence-corrected chi connectivity index (χ1v) is 8.81. The Morgan fingerprint density at radius 1 is 1.12 bits per heavy atom. The highest BCUT2D eigenvalue weighted by Gasteiger charge is 2.04. The zero-order chi connectivity index (χ0) is 17.5. The Labute approximate surface area is 154 Å². The largest absolute Gasteiger partial charge is 0.489 e. The summed E-state index contributed by atoms with van der Waals surface area (Å²) in [7, 11) is 0. The summed E-state index contributed by atoms with van der Waals surface area (Å²) in [4.78, 5) is 13.0. The quantitative estimate of drug-likeness (QED) is 0.503. The summed E-state index contributed by atoms with van der Waals surface area (Å²) in [6.45, 7) is 0.417. The maximum Gasteiger partial charge on any atom is 0.271 e. The van der Waals surface area contributed by atoms with E-state index in [-0.39, 0.29) is 5.91 Å². The molecule has 0 bridgehead atoms. The molecule has 0 unspecified atom stereocenters. The number of halogens is 1. The molecule has 0 spiro atoms. The van der Waals surface area contributed by atoms with Crippen molar-refractivity contribution >= 4 is 35.1 Å². The Kier molecular flexibility index (Phi) is 5.82. The van der Waals surface area contributed by atoms with Crippen LogP contribution in [0.1, 0.15) is 20.8 Å². The van der Waals surface area contributed by atoms with E-state index in [2.05, 4.69) is 10.5 Å². The molecule has 3 aromatic rings. The van der Waals surface area contributed by atoms with Gasteiger partial charge in [-0.05, 0) is 53.4 Å². The number of carbonyl (C=O) groups excluding carboxylic acids is 1. The smallest absolute Gasteiger partial charge is 0.271 e. The van der Waals surface area contributed by atoms with Crippen molar-refractivity contribution in [3.8, 4) is 5.75 Å². The molecule has 1 N–H and O–H groups in total. The van der Waals surface area contributed by atoms with E-state index in [1.165, 1.54) is 0 Å². The summed E-state index contributed by atoms with van der Waals surface area (Å²) >= 11 is 7.39. The maximum atomic E-state index is 12.0. The van der Waals surface area contributed by atoms with Gasteiger partial charge >= 0.3 is 0 Å². The van der Waals surface area contributed by atoms with Crippen LogP contribution in [0.15, 0.2) is 71.1 Å². The van der Waals surface area contributed by atoms with Gasteiger partial charge in [0, 0.05) is 15.5 Å². The fourth-order valence-corrected chi connectivity index (χ4v) is 2.74. The van der Waals surface area contributed by atoms with Crippen LogP contribution in [0.4, 0.5) is 0 Å². The van der Waals surface area contributed by atoms with Crippen molar-refractivity contribution in [1.29, 1.82) is 0 Å². The predicted molar refractivity (Wildman–Crippen MR) is 102 cm³/mol. The Balaban J connectivity index is 1.52. The fraction of sp³-hybridized carbons (Fsp3) is 0.0526. The zero-order valence-corrected chi connectivity index (χ0v) is 14.8. The number of thiophene rings is 1. The van der Waals surface area contributed by atoms with E-state index in [4.69, 9.17) is 16.3 Å². The van der Waals surface area contributed by atoms with Gasteiger partial charge in [-0.25, -0.2) is 5.43 Å². The summed E-state index contributed by atoms with van der Waals surface area (Å²) in [5, 5.41) is 6.57. The second kappa shape index (κ2) is 8.46. The topological polar surface area (TPSA) is 50.7 Å². The molecule has 0 aliphatic carbocycles. The second-order valence-electron chi connectivity index (χ2n) is 5.15. The molecule has 2 aromatic carbocycles. The zero-order valence-electron chi connectivity index (χ0n) is 13.2. The van der Waals surface area contributed by atoms with Crippen LogP contribution >= 0.6 is 22.9 Å². The van der Waals surface area contributed by atoms with Gasteiger partial charge in [-0.1, -0.05) is 29.8 Å². The van der Waals surface area contributed by atoms with Gasteiger partial charge in [0.25, 0.3) is 5.91 Å². The molecule has 0 aliphatic rings. The molecule has 6 heteroatoms. The van der Waals surface area contributed by atoms with Gasteiger partial charge < -0.3 is 4.74 Å². The molecule has 3 rings (SSSR count). The number of hydrazone groups is 1. The van der Waals surface area contributed by atoms with Crippen LogP contribution in [-0.4, -0.2) is 12.1 Å². The van der Waals surface area contributed by atoms with Crippen molar-refractivity contribution in [2.75, 3.05) is 0 Å². The van der Waals surface area contributed by atoms with E-state index < -0.39 is 0 Å². The molecule has 0 radical (unpaired) electrons. The molecule has 0 atom stereocenters. The van der Waals surface area contributed by atoms with Crippen molar-refractivity contribution in [2.45, 2.75) is 6.61 Å².